The molecule has 0 saturated carbocycles. The van der Waals surface area contributed by atoms with E-state index in [0.717, 1.165) is 0 Å². The largest absolute Gasteiger partial charge is 0.481 e. The lowest BCUT2D eigenvalue weighted by Gasteiger charge is -2.25. The minimum Gasteiger partial charge on any atom is -0.481 e. The SMILES string of the molecule is COc1cc(OC)nc(NC(=O)C(N)C(C)(C)C)n1. The van der Waals surface area contributed by atoms with Gasteiger partial charge >= 0.3 is 0 Å². The molecule has 7 heteroatoms. The van der Waals surface area contributed by atoms with Gasteiger partial charge in [-0.05, 0) is 5.41 Å². The monoisotopic (exact) mass is 268 g/mol. The summed E-state index contributed by atoms with van der Waals surface area (Å²) < 4.78 is 9.99. The summed E-state index contributed by atoms with van der Waals surface area (Å²) in [7, 11) is 2.93. The van der Waals surface area contributed by atoms with E-state index >= 15 is 0 Å². The molecule has 1 aromatic rings. The van der Waals surface area contributed by atoms with E-state index in [0.29, 0.717) is 11.8 Å². The maximum absolute atomic E-state index is 12.0. The fraction of sp³-hybridized carbons (Fsp3) is 0.583. The normalized spacial score (nSPS) is 12.7. The zero-order valence-corrected chi connectivity index (χ0v) is 11.9. The minimum atomic E-state index is -0.673. The summed E-state index contributed by atoms with van der Waals surface area (Å²) in [6, 6.07) is 0.840. The molecule has 1 unspecified atom stereocenters. The minimum absolute atomic E-state index is 0.0981. The van der Waals surface area contributed by atoms with Crippen molar-refractivity contribution in [3.8, 4) is 11.8 Å². The first-order valence-electron chi connectivity index (χ1n) is 5.81. The highest BCUT2D eigenvalue weighted by Crippen LogP contribution is 2.20. The quantitative estimate of drug-likeness (QED) is 0.838. The summed E-state index contributed by atoms with van der Waals surface area (Å²) in [5.41, 5.74) is 5.50. The molecule has 0 aliphatic rings. The summed E-state index contributed by atoms with van der Waals surface area (Å²) in [5.74, 6) is 0.335. The number of rotatable bonds is 4. The molecule has 106 valence electrons. The molecule has 0 radical (unpaired) electrons. The van der Waals surface area contributed by atoms with E-state index in [1.807, 2.05) is 20.8 Å². The average Bonchev–Trinajstić information content (AvgIpc) is 2.36. The van der Waals surface area contributed by atoms with Crippen LogP contribution in [0.5, 0.6) is 11.8 Å². The maximum Gasteiger partial charge on any atom is 0.244 e. The van der Waals surface area contributed by atoms with E-state index in [2.05, 4.69) is 15.3 Å². The zero-order chi connectivity index (χ0) is 14.6. The Morgan fingerprint density at radius 3 is 2.11 bits per heavy atom. The van der Waals surface area contributed by atoms with Gasteiger partial charge in [0.05, 0.1) is 26.3 Å². The Labute approximate surface area is 112 Å². The van der Waals surface area contributed by atoms with Crippen molar-refractivity contribution in [2.24, 2.45) is 11.1 Å². The highest BCUT2D eigenvalue weighted by atomic mass is 16.5. The molecular formula is C12H20N4O3. The van der Waals surface area contributed by atoms with E-state index in [4.69, 9.17) is 15.2 Å². The van der Waals surface area contributed by atoms with Crippen molar-refractivity contribution in [1.82, 2.24) is 9.97 Å². The average molecular weight is 268 g/mol. The van der Waals surface area contributed by atoms with Crippen LogP contribution >= 0.6 is 0 Å². The standard InChI is InChI=1S/C12H20N4O3/c1-12(2,3)9(13)10(17)16-11-14-7(18-4)6-8(15-11)19-5/h6,9H,13H2,1-5H3,(H,14,15,16,17). The molecule has 3 N–H and O–H groups in total. The lowest BCUT2D eigenvalue weighted by molar-refractivity contribution is -0.119. The van der Waals surface area contributed by atoms with Crippen LogP contribution < -0.4 is 20.5 Å². The molecule has 1 amide bonds. The van der Waals surface area contributed by atoms with Gasteiger partial charge in [0.2, 0.25) is 23.6 Å². The molecule has 19 heavy (non-hydrogen) atoms. The van der Waals surface area contributed by atoms with Crippen LogP contribution in [0.15, 0.2) is 6.07 Å². The Morgan fingerprint density at radius 1 is 1.26 bits per heavy atom. The van der Waals surface area contributed by atoms with Gasteiger partial charge in [0.25, 0.3) is 0 Å². The third kappa shape index (κ3) is 4.06. The van der Waals surface area contributed by atoms with Crippen LogP contribution in [0.4, 0.5) is 5.95 Å². The molecule has 0 bridgehead atoms. The number of amides is 1. The second-order valence-corrected chi connectivity index (χ2v) is 5.11. The molecule has 1 atom stereocenters. The summed E-state index contributed by atoms with van der Waals surface area (Å²) in [5, 5.41) is 2.55. The fourth-order valence-electron chi connectivity index (χ4n) is 1.25. The number of ether oxygens (including phenoxy) is 2. The molecule has 0 spiro atoms. The Balaban J connectivity index is 2.90. The van der Waals surface area contributed by atoms with Crippen LogP contribution in [-0.4, -0.2) is 36.1 Å². The highest BCUT2D eigenvalue weighted by Gasteiger charge is 2.28. The Hall–Kier alpha value is -1.89. The number of hydrogen-bond donors (Lipinski definition) is 2. The number of nitrogens with two attached hydrogens (primary N) is 1. The van der Waals surface area contributed by atoms with Crippen molar-refractivity contribution in [3.05, 3.63) is 6.07 Å². The number of methoxy groups -OCH3 is 2. The Bertz CT molecular complexity index is 435. The van der Waals surface area contributed by atoms with E-state index < -0.39 is 6.04 Å². The summed E-state index contributed by atoms with van der Waals surface area (Å²) >= 11 is 0. The topological polar surface area (TPSA) is 99.4 Å². The highest BCUT2D eigenvalue weighted by molar-refractivity contribution is 5.93. The first-order chi connectivity index (χ1) is 8.77. The molecule has 1 rings (SSSR count). The molecule has 0 aromatic carbocycles. The first-order valence-corrected chi connectivity index (χ1v) is 5.81. The fourth-order valence-corrected chi connectivity index (χ4v) is 1.25. The number of aromatic nitrogens is 2. The number of carbonyl (C=O) groups excluding carboxylic acids is 1. The van der Waals surface area contributed by atoms with Crippen LogP contribution in [0.3, 0.4) is 0 Å². The van der Waals surface area contributed by atoms with Gasteiger partial charge < -0.3 is 15.2 Å². The van der Waals surface area contributed by atoms with Crippen LogP contribution in [0.1, 0.15) is 20.8 Å². The Morgan fingerprint density at radius 2 is 1.74 bits per heavy atom. The number of nitrogens with zero attached hydrogens (tertiary/aromatic N) is 2. The molecule has 0 aliphatic carbocycles. The molecular weight excluding hydrogens is 248 g/mol. The van der Waals surface area contributed by atoms with E-state index in [9.17, 15) is 4.79 Å². The van der Waals surface area contributed by atoms with E-state index in [-0.39, 0.29) is 17.3 Å². The lowest BCUT2D eigenvalue weighted by Crippen LogP contribution is -2.45. The number of anilines is 1. The van der Waals surface area contributed by atoms with Crippen LogP contribution in [-0.2, 0) is 4.79 Å². The summed E-state index contributed by atoms with van der Waals surface area (Å²) in [6.45, 7) is 5.64. The van der Waals surface area contributed by atoms with E-state index in [1.165, 1.54) is 20.3 Å². The first kappa shape index (κ1) is 15.2. The van der Waals surface area contributed by atoms with Crippen molar-refractivity contribution in [2.45, 2.75) is 26.8 Å². The molecule has 0 aliphatic heterocycles. The molecule has 0 saturated heterocycles. The number of carbonyl (C=O) groups is 1. The van der Waals surface area contributed by atoms with Crippen molar-refractivity contribution in [2.75, 3.05) is 19.5 Å². The molecule has 1 heterocycles. The molecule has 0 fully saturated rings. The zero-order valence-electron chi connectivity index (χ0n) is 11.9. The van der Waals surface area contributed by atoms with Gasteiger partial charge in [-0.25, -0.2) is 0 Å². The predicted molar refractivity (Wildman–Crippen MR) is 71.2 cm³/mol. The smallest absolute Gasteiger partial charge is 0.244 e. The second kappa shape index (κ2) is 5.83. The van der Waals surface area contributed by atoms with Gasteiger partial charge in [0, 0.05) is 0 Å². The second-order valence-electron chi connectivity index (χ2n) is 5.11. The van der Waals surface area contributed by atoms with Gasteiger partial charge in [0.1, 0.15) is 0 Å². The number of hydrogen-bond acceptors (Lipinski definition) is 6. The van der Waals surface area contributed by atoms with Gasteiger partial charge in [-0.3, -0.25) is 10.1 Å². The van der Waals surface area contributed by atoms with Crippen molar-refractivity contribution in [1.29, 1.82) is 0 Å². The van der Waals surface area contributed by atoms with Crippen molar-refractivity contribution in [3.63, 3.8) is 0 Å². The van der Waals surface area contributed by atoms with Gasteiger partial charge in [0.15, 0.2) is 0 Å². The van der Waals surface area contributed by atoms with Crippen LogP contribution in [0.25, 0.3) is 0 Å². The maximum atomic E-state index is 12.0. The summed E-state index contributed by atoms with van der Waals surface area (Å²) in [6.07, 6.45) is 0. The third-order valence-electron chi connectivity index (χ3n) is 2.55. The Kier molecular flexibility index (Phi) is 4.66. The van der Waals surface area contributed by atoms with Gasteiger partial charge in [-0.2, -0.15) is 9.97 Å². The van der Waals surface area contributed by atoms with Crippen LogP contribution in [0, 0.1) is 5.41 Å². The van der Waals surface area contributed by atoms with Crippen LogP contribution in [0.2, 0.25) is 0 Å². The van der Waals surface area contributed by atoms with Gasteiger partial charge in [-0.1, -0.05) is 20.8 Å². The van der Waals surface area contributed by atoms with Gasteiger partial charge in [-0.15, -0.1) is 0 Å². The van der Waals surface area contributed by atoms with Crippen molar-refractivity contribution < 1.29 is 14.3 Å². The predicted octanol–water partition coefficient (Wildman–Crippen LogP) is 0.806. The summed E-state index contributed by atoms with van der Waals surface area (Å²) in [4.78, 5) is 20.0. The van der Waals surface area contributed by atoms with E-state index in [1.54, 1.807) is 0 Å². The number of nitrogens with one attached hydrogen (secondary N) is 1. The third-order valence-corrected chi connectivity index (χ3v) is 2.55. The van der Waals surface area contributed by atoms with Crippen molar-refractivity contribution >= 4 is 11.9 Å². The molecule has 1 aromatic heterocycles. The lowest BCUT2D eigenvalue weighted by atomic mass is 9.87. The molecule has 7 nitrogen and oxygen atoms in total.